The summed E-state index contributed by atoms with van der Waals surface area (Å²) in [4.78, 5) is 38.5. The molecule has 0 radical (unpaired) electrons. The fraction of sp³-hybridized carbons (Fsp3) is 0.855. The third kappa shape index (κ3) is 68.2. The Morgan fingerprint density at radius 3 is 0.756 bits per heavy atom. The van der Waals surface area contributed by atoms with Crippen LogP contribution in [0.15, 0.2) is 48.6 Å². The SMILES string of the molecule is CC/C=C\C/C=C\C/C=C\CCCCCCCCCC(=O)OCC(COC(=O)CCCCCCCCCCCCCCCCCCCCCCCCCCCCCC)OC(=O)CCCCCCCCCCC/C=C\CCCCCCCC. The normalized spacial score (nSPS) is 12.3. The van der Waals surface area contributed by atoms with Crippen LogP contribution in [0.5, 0.6) is 0 Å². The molecule has 6 heteroatoms. The van der Waals surface area contributed by atoms with Crippen molar-refractivity contribution in [1.29, 1.82) is 0 Å². The second-order valence-electron chi connectivity index (χ2n) is 24.8. The Morgan fingerprint density at radius 2 is 0.476 bits per heavy atom. The number of hydrogen-bond donors (Lipinski definition) is 0. The van der Waals surface area contributed by atoms with Crippen LogP contribution < -0.4 is 0 Å². The summed E-state index contributed by atoms with van der Waals surface area (Å²) in [5.74, 6) is -0.857. The van der Waals surface area contributed by atoms with Gasteiger partial charge in [-0.3, -0.25) is 14.4 Å². The van der Waals surface area contributed by atoms with Gasteiger partial charge in [-0.15, -0.1) is 0 Å². The van der Waals surface area contributed by atoms with Gasteiger partial charge in [0.2, 0.25) is 0 Å². The van der Waals surface area contributed by atoms with Gasteiger partial charge in [0.25, 0.3) is 0 Å². The van der Waals surface area contributed by atoms with Gasteiger partial charge in [0, 0.05) is 19.3 Å². The lowest BCUT2D eigenvalue weighted by Gasteiger charge is -2.18. The number of unbranched alkanes of at least 4 members (excludes halogenated alkanes) is 49. The summed E-state index contributed by atoms with van der Waals surface area (Å²) in [6, 6.07) is 0. The maximum Gasteiger partial charge on any atom is 0.306 e. The standard InChI is InChI=1S/C76H140O6/c1-4-7-10-13-16-19-22-25-28-31-33-34-35-36-37-38-39-40-41-43-45-48-51-54-57-60-63-66-69-75(78)81-72-73(71-80-74(77)68-65-62-59-56-53-50-47-44-30-27-24-21-18-15-12-9-6-3)82-76(79)70-67-64-61-58-55-52-49-46-42-32-29-26-23-20-17-14-11-8-5-2/h9,12,18,21,26-27,29-30,73H,4-8,10-11,13-17,19-20,22-25,28,31-72H2,1-3H3/b12-9-,21-18-,29-26-,30-27-. The van der Waals surface area contributed by atoms with Gasteiger partial charge in [0.05, 0.1) is 0 Å². The predicted molar refractivity (Wildman–Crippen MR) is 358 cm³/mol. The van der Waals surface area contributed by atoms with Crippen LogP contribution in [-0.4, -0.2) is 37.2 Å². The molecule has 0 fully saturated rings. The Labute approximate surface area is 511 Å². The number of carbonyl (C=O) groups excluding carboxylic acids is 3. The molecular formula is C76H140O6. The number of allylic oxidation sites excluding steroid dienone is 8. The van der Waals surface area contributed by atoms with Gasteiger partial charge < -0.3 is 14.2 Å². The van der Waals surface area contributed by atoms with Crippen molar-refractivity contribution in [2.75, 3.05) is 13.2 Å². The first kappa shape index (κ1) is 79.4. The van der Waals surface area contributed by atoms with Crippen molar-refractivity contribution in [1.82, 2.24) is 0 Å². The smallest absolute Gasteiger partial charge is 0.306 e. The number of esters is 3. The highest BCUT2D eigenvalue weighted by atomic mass is 16.6. The van der Waals surface area contributed by atoms with Crippen LogP contribution in [-0.2, 0) is 28.6 Å². The highest BCUT2D eigenvalue weighted by Crippen LogP contribution is 2.19. The molecule has 0 aromatic rings. The van der Waals surface area contributed by atoms with Gasteiger partial charge >= 0.3 is 17.9 Å². The minimum atomic E-state index is -0.779. The zero-order valence-electron chi connectivity index (χ0n) is 55.3. The van der Waals surface area contributed by atoms with E-state index < -0.39 is 6.10 Å². The highest BCUT2D eigenvalue weighted by molar-refractivity contribution is 5.71. The second kappa shape index (κ2) is 70.9. The first-order valence-corrected chi connectivity index (χ1v) is 36.6. The van der Waals surface area contributed by atoms with Crippen LogP contribution in [0.1, 0.15) is 400 Å². The van der Waals surface area contributed by atoms with Gasteiger partial charge in [0.15, 0.2) is 6.10 Å². The molecule has 82 heavy (non-hydrogen) atoms. The average Bonchev–Trinajstić information content (AvgIpc) is 3.47. The molecule has 0 bridgehead atoms. The van der Waals surface area contributed by atoms with E-state index in [9.17, 15) is 14.4 Å². The van der Waals surface area contributed by atoms with Crippen molar-refractivity contribution in [2.45, 2.75) is 406 Å². The summed E-state index contributed by atoms with van der Waals surface area (Å²) in [5.41, 5.74) is 0. The van der Waals surface area contributed by atoms with Gasteiger partial charge in [-0.2, -0.15) is 0 Å². The van der Waals surface area contributed by atoms with Crippen LogP contribution >= 0.6 is 0 Å². The topological polar surface area (TPSA) is 78.9 Å². The largest absolute Gasteiger partial charge is 0.462 e. The molecule has 0 aromatic heterocycles. The van der Waals surface area contributed by atoms with Crippen LogP contribution in [0.2, 0.25) is 0 Å². The highest BCUT2D eigenvalue weighted by Gasteiger charge is 2.19. The maximum atomic E-state index is 13.0. The molecule has 0 spiro atoms. The van der Waals surface area contributed by atoms with E-state index in [0.29, 0.717) is 19.3 Å². The molecule has 0 saturated carbocycles. The number of ether oxygens (including phenoxy) is 3. The van der Waals surface area contributed by atoms with Gasteiger partial charge in [0.1, 0.15) is 13.2 Å². The van der Waals surface area contributed by atoms with Crippen molar-refractivity contribution in [2.24, 2.45) is 0 Å². The van der Waals surface area contributed by atoms with Crippen molar-refractivity contribution < 1.29 is 28.6 Å². The van der Waals surface area contributed by atoms with E-state index in [1.807, 2.05) is 0 Å². The summed E-state index contributed by atoms with van der Waals surface area (Å²) in [7, 11) is 0. The first-order chi connectivity index (χ1) is 40.5. The Morgan fingerprint density at radius 1 is 0.256 bits per heavy atom. The molecule has 0 aromatic carbocycles. The molecule has 1 atom stereocenters. The lowest BCUT2D eigenvalue weighted by atomic mass is 10.0. The molecule has 0 rings (SSSR count). The zero-order valence-corrected chi connectivity index (χ0v) is 55.3. The summed E-state index contributed by atoms with van der Waals surface area (Å²) in [6.45, 7) is 6.59. The summed E-state index contributed by atoms with van der Waals surface area (Å²) in [6.07, 6.45) is 90.1. The molecule has 0 saturated heterocycles. The minimum Gasteiger partial charge on any atom is -0.462 e. The molecule has 1 unspecified atom stereocenters. The molecule has 480 valence electrons. The summed E-state index contributed by atoms with van der Waals surface area (Å²) >= 11 is 0. The van der Waals surface area contributed by atoms with Gasteiger partial charge in [-0.25, -0.2) is 0 Å². The van der Waals surface area contributed by atoms with Crippen molar-refractivity contribution in [3.05, 3.63) is 48.6 Å². The van der Waals surface area contributed by atoms with E-state index in [4.69, 9.17) is 14.2 Å². The number of rotatable bonds is 68. The van der Waals surface area contributed by atoms with E-state index in [2.05, 4.69) is 69.4 Å². The van der Waals surface area contributed by atoms with E-state index in [1.54, 1.807) is 0 Å². The van der Waals surface area contributed by atoms with Gasteiger partial charge in [-0.1, -0.05) is 352 Å². The third-order valence-corrected chi connectivity index (χ3v) is 16.6. The van der Waals surface area contributed by atoms with E-state index in [0.717, 1.165) is 83.5 Å². The zero-order chi connectivity index (χ0) is 59.2. The Kier molecular flexibility index (Phi) is 68.6. The molecule has 0 amide bonds. The Hall–Kier alpha value is -2.63. The molecular weight excluding hydrogens is 1010 g/mol. The minimum absolute atomic E-state index is 0.0728. The van der Waals surface area contributed by atoms with Crippen LogP contribution in [0.4, 0.5) is 0 Å². The average molecular weight is 1150 g/mol. The Balaban J connectivity index is 4.24. The lowest BCUT2D eigenvalue weighted by Crippen LogP contribution is -2.30. The van der Waals surface area contributed by atoms with Crippen molar-refractivity contribution in [3.63, 3.8) is 0 Å². The predicted octanol–water partition coefficient (Wildman–Crippen LogP) is 25.3. The molecule has 0 heterocycles. The lowest BCUT2D eigenvalue weighted by molar-refractivity contribution is -0.167. The number of hydrogen-bond acceptors (Lipinski definition) is 6. The number of carbonyl (C=O) groups is 3. The quantitative estimate of drug-likeness (QED) is 0.0261. The molecule has 6 nitrogen and oxygen atoms in total. The van der Waals surface area contributed by atoms with E-state index in [1.165, 1.54) is 276 Å². The van der Waals surface area contributed by atoms with Crippen LogP contribution in [0, 0.1) is 0 Å². The molecule has 0 aliphatic heterocycles. The second-order valence-corrected chi connectivity index (χ2v) is 24.8. The molecule has 0 aliphatic rings. The summed E-state index contributed by atoms with van der Waals surface area (Å²) < 4.78 is 17.0. The van der Waals surface area contributed by atoms with Gasteiger partial charge in [-0.05, 0) is 77.0 Å². The fourth-order valence-electron chi connectivity index (χ4n) is 11.1. The molecule has 0 N–H and O–H groups in total. The fourth-order valence-corrected chi connectivity index (χ4v) is 11.1. The van der Waals surface area contributed by atoms with Crippen LogP contribution in [0.25, 0.3) is 0 Å². The van der Waals surface area contributed by atoms with E-state index >= 15 is 0 Å². The van der Waals surface area contributed by atoms with Crippen molar-refractivity contribution in [3.8, 4) is 0 Å². The summed E-state index contributed by atoms with van der Waals surface area (Å²) in [5, 5.41) is 0. The van der Waals surface area contributed by atoms with Crippen LogP contribution in [0.3, 0.4) is 0 Å². The molecule has 0 aliphatic carbocycles. The maximum absolute atomic E-state index is 13.0. The van der Waals surface area contributed by atoms with E-state index in [-0.39, 0.29) is 31.1 Å². The Bertz CT molecular complexity index is 1410. The third-order valence-electron chi connectivity index (χ3n) is 16.6. The first-order valence-electron chi connectivity index (χ1n) is 36.6. The van der Waals surface area contributed by atoms with Crippen molar-refractivity contribution >= 4 is 17.9 Å². The monoisotopic (exact) mass is 1150 g/mol.